The quantitative estimate of drug-likeness (QED) is 0.520. The van der Waals surface area contributed by atoms with Crippen molar-refractivity contribution in [3.05, 3.63) is 23.8 Å². The Labute approximate surface area is 142 Å². The summed E-state index contributed by atoms with van der Waals surface area (Å²) in [5, 5.41) is 5.45. The van der Waals surface area contributed by atoms with Crippen molar-refractivity contribution in [1.82, 2.24) is 10.6 Å². The number of amides is 2. The second-order valence-corrected chi connectivity index (χ2v) is 5.75. The molecule has 0 aliphatic rings. The molecule has 0 unspecified atom stereocenters. The van der Waals surface area contributed by atoms with E-state index in [9.17, 15) is 9.59 Å². The van der Waals surface area contributed by atoms with Crippen LogP contribution in [-0.2, 0) is 20.9 Å². The molecule has 0 saturated carbocycles. The Balaban J connectivity index is 2.65. The van der Waals surface area contributed by atoms with Gasteiger partial charge >= 0.3 is 0 Å². The van der Waals surface area contributed by atoms with Crippen LogP contribution in [0.4, 0.5) is 0 Å². The van der Waals surface area contributed by atoms with Gasteiger partial charge in [-0.15, -0.1) is 0 Å². The van der Waals surface area contributed by atoms with Crippen LogP contribution >= 0.6 is 0 Å². The minimum atomic E-state index is -1.18. The summed E-state index contributed by atoms with van der Waals surface area (Å²) in [5.74, 6) is 0.503. The molecular weight excluding hydrogens is 312 g/mol. The van der Waals surface area contributed by atoms with Crippen molar-refractivity contribution < 1.29 is 23.8 Å². The van der Waals surface area contributed by atoms with E-state index < -0.39 is 5.41 Å². The molecule has 7 heteroatoms. The summed E-state index contributed by atoms with van der Waals surface area (Å²) in [4.78, 5) is 24.4. The molecular formula is C17H26N2O5. The largest absolute Gasteiger partial charge is 0.493 e. The molecule has 0 bridgehead atoms. The summed E-state index contributed by atoms with van der Waals surface area (Å²) in [5.41, 5.74) is -0.332. The molecule has 0 aliphatic carbocycles. The third-order valence-corrected chi connectivity index (χ3v) is 3.63. The zero-order chi connectivity index (χ0) is 18.2. The van der Waals surface area contributed by atoms with Gasteiger partial charge in [-0.1, -0.05) is 6.07 Å². The summed E-state index contributed by atoms with van der Waals surface area (Å²) < 4.78 is 15.3. The fourth-order valence-corrected chi connectivity index (χ4v) is 1.98. The predicted octanol–water partition coefficient (Wildman–Crippen LogP) is 1.11. The first-order chi connectivity index (χ1) is 11.4. The molecule has 2 amide bonds. The zero-order valence-corrected chi connectivity index (χ0v) is 14.9. The van der Waals surface area contributed by atoms with Crippen LogP contribution in [-0.4, -0.2) is 46.3 Å². The highest BCUT2D eigenvalue weighted by molar-refractivity contribution is 6.04. The fourth-order valence-electron chi connectivity index (χ4n) is 1.98. The molecule has 0 radical (unpaired) electrons. The number of carbonyl (C=O) groups excluding carboxylic acids is 2. The van der Waals surface area contributed by atoms with Crippen LogP contribution in [0.2, 0.25) is 0 Å². The second-order valence-electron chi connectivity index (χ2n) is 5.75. The summed E-state index contributed by atoms with van der Waals surface area (Å²) >= 11 is 0. The van der Waals surface area contributed by atoms with Crippen molar-refractivity contribution in [3.63, 3.8) is 0 Å². The van der Waals surface area contributed by atoms with E-state index in [-0.39, 0.29) is 18.4 Å². The minimum absolute atomic E-state index is 0.286. The van der Waals surface area contributed by atoms with Crippen molar-refractivity contribution in [2.24, 2.45) is 5.41 Å². The van der Waals surface area contributed by atoms with E-state index in [0.717, 1.165) is 5.56 Å². The second kappa shape index (κ2) is 9.12. The van der Waals surface area contributed by atoms with Gasteiger partial charge in [0.2, 0.25) is 11.8 Å². The fraction of sp³-hybridized carbons (Fsp3) is 0.529. The minimum Gasteiger partial charge on any atom is -0.493 e. The van der Waals surface area contributed by atoms with E-state index in [1.54, 1.807) is 47.3 Å². The molecule has 7 nitrogen and oxygen atoms in total. The number of ether oxygens (including phenoxy) is 3. The van der Waals surface area contributed by atoms with Gasteiger partial charge in [0.05, 0.1) is 20.8 Å². The maximum atomic E-state index is 12.3. The third-order valence-electron chi connectivity index (χ3n) is 3.63. The zero-order valence-electron chi connectivity index (χ0n) is 14.9. The molecule has 0 atom stereocenters. The van der Waals surface area contributed by atoms with E-state index in [0.29, 0.717) is 24.7 Å². The van der Waals surface area contributed by atoms with Gasteiger partial charge in [0.25, 0.3) is 0 Å². The molecule has 134 valence electrons. The molecule has 0 saturated heterocycles. The van der Waals surface area contributed by atoms with Crippen LogP contribution in [0, 0.1) is 5.41 Å². The van der Waals surface area contributed by atoms with Crippen molar-refractivity contribution in [2.45, 2.75) is 20.4 Å². The number of benzene rings is 1. The predicted molar refractivity (Wildman–Crippen MR) is 90.1 cm³/mol. The number of rotatable bonds is 9. The van der Waals surface area contributed by atoms with Gasteiger partial charge < -0.3 is 24.8 Å². The standard InChI is InChI=1S/C17H26N2O5/c1-17(2,15(20)18-8-9-22-3)16(21)19-11-12-6-7-13(23-4)14(10-12)24-5/h6-7,10H,8-9,11H2,1-5H3,(H,18,20)(H,19,21). The molecule has 0 aromatic heterocycles. The van der Waals surface area contributed by atoms with Gasteiger partial charge in [0, 0.05) is 20.2 Å². The maximum Gasteiger partial charge on any atom is 0.235 e. The summed E-state index contributed by atoms with van der Waals surface area (Å²) in [6.07, 6.45) is 0. The Kier molecular flexibility index (Phi) is 7.51. The van der Waals surface area contributed by atoms with Crippen molar-refractivity contribution in [3.8, 4) is 11.5 Å². The van der Waals surface area contributed by atoms with Crippen LogP contribution in [0.5, 0.6) is 11.5 Å². The number of nitrogens with one attached hydrogen (secondary N) is 2. The van der Waals surface area contributed by atoms with E-state index in [1.165, 1.54) is 0 Å². The summed E-state index contributed by atoms with van der Waals surface area (Å²) in [6.45, 7) is 4.21. The lowest BCUT2D eigenvalue weighted by Crippen LogP contribution is -2.48. The summed E-state index contributed by atoms with van der Waals surface area (Å²) in [6, 6.07) is 5.38. The lowest BCUT2D eigenvalue weighted by atomic mass is 9.91. The van der Waals surface area contributed by atoms with Gasteiger partial charge in [0.1, 0.15) is 5.41 Å². The van der Waals surface area contributed by atoms with Crippen LogP contribution < -0.4 is 20.1 Å². The number of carbonyl (C=O) groups is 2. The molecule has 2 N–H and O–H groups in total. The molecule has 0 spiro atoms. The first-order valence-electron chi connectivity index (χ1n) is 7.63. The molecule has 0 heterocycles. The monoisotopic (exact) mass is 338 g/mol. The normalized spacial score (nSPS) is 10.9. The van der Waals surface area contributed by atoms with E-state index in [2.05, 4.69) is 10.6 Å². The highest BCUT2D eigenvalue weighted by Gasteiger charge is 2.35. The van der Waals surface area contributed by atoms with Gasteiger partial charge in [-0.3, -0.25) is 9.59 Å². The van der Waals surface area contributed by atoms with Crippen LogP contribution in [0.15, 0.2) is 18.2 Å². The van der Waals surface area contributed by atoms with Crippen LogP contribution in [0.1, 0.15) is 19.4 Å². The number of hydrogen-bond acceptors (Lipinski definition) is 5. The highest BCUT2D eigenvalue weighted by Crippen LogP contribution is 2.27. The molecule has 1 aromatic carbocycles. The van der Waals surface area contributed by atoms with Crippen molar-refractivity contribution in [1.29, 1.82) is 0 Å². The van der Waals surface area contributed by atoms with E-state index >= 15 is 0 Å². The Hall–Kier alpha value is -2.28. The van der Waals surface area contributed by atoms with E-state index in [4.69, 9.17) is 14.2 Å². The molecule has 0 fully saturated rings. The van der Waals surface area contributed by atoms with Crippen LogP contribution in [0.25, 0.3) is 0 Å². The summed E-state index contributed by atoms with van der Waals surface area (Å²) in [7, 11) is 4.66. The van der Waals surface area contributed by atoms with E-state index in [1.807, 2.05) is 6.07 Å². The van der Waals surface area contributed by atoms with Crippen LogP contribution in [0.3, 0.4) is 0 Å². The smallest absolute Gasteiger partial charge is 0.235 e. The number of methoxy groups -OCH3 is 3. The van der Waals surface area contributed by atoms with Gasteiger partial charge in [-0.2, -0.15) is 0 Å². The van der Waals surface area contributed by atoms with Gasteiger partial charge in [-0.25, -0.2) is 0 Å². The molecule has 1 aromatic rings. The molecule has 0 aliphatic heterocycles. The topological polar surface area (TPSA) is 85.9 Å². The van der Waals surface area contributed by atoms with Gasteiger partial charge in [0.15, 0.2) is 11.5 Å². The Bertz CT molecular complexity index is 572. The Morgan fingerprint density at radius 1 is 1.00 bits per heavy atom. The van der Waals surface area contributed by atoms with Crippen molar-refractivity contribution >= 4 is 11.8 Å². The Morgan fingerprint density at radius 2 is 1.62 bits per heavy atom. The maximum absolute atomic E-state index is 12.3. The average Bonchev–Trinajstić information content (AvgIpc) is 2.59. The highest BCUT2D eigenvalue weighted by atomic mass is 16.5. The first-order valence-corrected chi connectivity index (χ1v) is 7.63. The average molecular weight is 338 g/mol. The first kappa shape index (κ1) is 19.8. The lowest BCUT2D eigenvalue weighted by Gasteiger charge is -2.22. The number of hydrogen-bond donors (Lipinski definition) is 2. The SMILES string of the molecule is COCCNC(=O)C(C)(C)C(=O)NCc1ccc(OC)c(OC)c1. The third kappa shape index (κ3) is 5.13. The van der Waals surface area contributed by atoms with Crippen molar-refractivity contribution in [2.75, 3.05) is 34.5 Å². The Morgan fingerprint density at radius 3 is 2.21 bits per heavy atom. The molecule has 24 heavy (non-hydrogen) atoms. The lowest BCUT2D eigenvalue weighted by molar-refractivity contribution is -0.141. The molecule has 1 rings (SSSR count). The van der Waals surface area contributed by atoms with Gasteiger partial charge in [-0.05, 0) is 31.5 Å².